The summed E-state index contributed by atoms with van der Waals surface area (Å²) in [6, 6.07) is 12.1. The highest BCUT2D eigenvalue weighted by atomic mass is 19.1. The second kappa shape index (κ2) is 4.77. The molecule has 0 aliphatic heterocycles. The summed E-state index contributed by atoms with van der Waals surface area (Å²) >= 11 is 0. The molecular weight excluding hydrogens is 257 g/mol. The molecule has 0 saturated heterocycles. The predicted octanol–water partition coefficient (Wildman–Crippen LogP) is 2.75. The number of imidazole rings is 1. The third kappa shape index (κ3) is 2.14. The maximum atomic E-state index is 13.1. The summed E-state index contributed by atoms with van der Waals surface area (Å²) in [5, 5.41) is 0. The first-order chi connectivity index (χ1) is 9.65. The topological polar surface area (TPSA) is 37.6 Å². The van der Waals surface area contributed by atoms with Crippen molar-refractivity contribution in [1.82, 2.24) is 9.38 Å². The van der Waals surface area contributed by atoms with Crippen molar-refractivity contribution in [2.75, 3.05) is 11.9 Å². The van der Waals surface area contributed by atoms with E-state index in [0.29, 0.717) is 5.65 Å². The Morgan fingerprint density at radius 2 is 1.90 bits per heavy atom. The lowest BCUT2D eigenvalue weighted by Gasteiger charge is -2.15. The van der Waals surface area contributed by atoms with Crippen molar-refractivity contribution < 1.29 is 9.18 Å². The first-order valence-corrected chi connectivity index (χ1v) is 6.12. The van der Waals surface area contributed by atoms with Gasteiger partial charge in [0.25, 0.3) is 5.91 Å². The van der Waals surface area contributed by atoms with Gasteiger partial charge in [-0.1, -0.05) is 18.2 Å². The van der Waals surface area contributed by atoms with Gasteiger partial charge in [0, 0.05) is 25.1 Å². The van der Waals surface area contributed by atoms with E-state index in [1.807, 2.05) is 30.3 Å². The van der Waals surface area contributed by atoms with Gasteiger partial charge in [-0.25, -0.2) is 9.37 Å². The van der Waals surface area contributed by atoms with Crippen molar-refractivity contribution in [1.29, 1.82) is 0 Å². The van der Waals surface area contributed by atoms with Crippen LogP contribution in [-0.4, -0.2) is 22.3 Å². The molecule has 0 radical (unpaired) electrons. The van der Waals surface area contributed by atoms with Crippen molar-refractivity contribution in [3.05, 3.63) is 66.4 Å². The maximum absolute atomic E-state index is 13.1. The second-order valence-corrected chi connectivity index (χ2v) is 4.44. The Hall–Kier alpha value is -2.69. The van der Waals surface area contributed by atoms with Crippen LogP contribution in [0.2, 0.25) is 0 Å². The van der Waals surface area contributed by atoms with Crippen LogP contribution in [0.3, 0.4) is 0 Å². The summed E-state index contributed by atoms with van der Waals surface area (Å²) in [4.78, 5) is 18.1. The van der Waals surface area contributed by atoms with Crippen molar-refractivity contribution in [2.24, 2.45) is 0 Å². The molecule has 3 rings (SSSR count). The van der Waals surface area contributed by atoms with Crippen LogP contribution in [0.25, 0.3) is 5.65 Å². The Morgan fingerprint density at radius 1 is 1.15 bits per heavy atom. The number of carbonyl (C=O) groups is 1. The van der Waals surface area contributed by atoms with Gasteiger partial charge in [-0.05, 0) is 24.3 Å². The SMILES string of the molecule is CN(C(=O)c1cn2cc(F)ccc2n1)c1ccccc1. The number of aromatic nitrogens is 2. The minimum absolute atomic E-state index is 0.236. The minimum Gasteiger partial charge on any atom is -0.310 e. The first-order valence-electron chi connectivity index (χ1n) is 6.12. The number of fused-ring (bicyclic) bond motifs is 1. The molecule has 0 atom stereocenters. The third-order valence-corrected chi connectivity index (χ3v) is 3.08. The van der Waals surface area contributed by atoms with Crippen molar-refractivity contribution in [3.8, 4) is 0 Å². The predicted molar refractivity (Wildman–Crippen MR) is 74.3 cm³/mol. The molecule has 100 valence electrons. The Labute approximate surface area is 115 Å². The molecule has 2 aromatic heterocycles. The van der Waals surface area contributed by atoms with Gasteiger partial charge in [0.15, 0.2) is 0 Å². The molecule has 3 aromatic rings. The van der Waals surface area contributed by atoms with Crippen LogP contribution in [0.15, 0.2) is 54.9 Å². The van der Waals surface area contributed by atoms with E-state index in [-0.39, 0.29) is 17.4 Å². The Balaban J connectivity index is 1.96. The number of nitrogens with zero attached hydrogens (tertiary/aromatic N) is 3. The summed E-state index contributed by atoms with van der Waals surface area (Å²) in [5.41, 5.74) is 1.60. The number of halogens is 1. The highest BCUT2D eigenvalue weighted by molar-refractivity contribution is 6.04. The van der Waals surface area contributed by atoms with Gasteiger partial charge >= 0.3 is 0 Å². The fourth-order valence-corrected chi connectivity index (χ4v) is 2.01. The largest absolute Gasteiger partial charge is 0.310 e. The zero-order valence-corrected chi connectivity index (χ0v) is 10.8. The molecular formula is C15H12FN3O. The van der Waals surface area contributed by atoms with Crippen LogP contribution in [0.5, 0.6) is 0 Å². The fourth-order valence-electron chi connectivity index (χ4n) is 2.01. The van der Waals surface area contributed by atoms with Crippen LogP contribution in [0.4, 0.5) is 10.1 Å². The summed E-state index contributed by atoms with van der Waals surface area (Å²) < 4.78 is 14.6. The molecule has 2 heterocycles. The van der Waals surface area contributed by atoms with E-state index in [0.717, 1.165) is 5.69 Å². The zero-order valence-electron chi connectivity index (χ0n) is 10.8. The molecule has 0 aliphatic rings. The molecule has 1 amide bonds. The molecule has 0 N–H and O–H groups in total. The molecule has 0 saturated carbocycles. The van der Waals surface area contributed by atoms with Gasteiger partial charge in [-0.3, -0.25) is 4.79 Å². The van der Waals surface area contributed by atoms with Crippen LogP contribution in [0, 0.1) is 5.82 Å². The van der Waals surface area contributed by atoms with E-state index in [2.05, 4.69) is 4.98 Å². The van der Waals surface area contributed by atoms with Crippen molar-refractivity contribution in [2.45, 2.75) is 0 Å². The first kappa shape index (κ1) is 12.3. The summed E-state index contributed by atoms with van der Waals surface area (Å²) in [6.45, 7) is 0. The maximum Gasteiger partial charge on any atom is 0.278 e. The molecule has 5 heteroatoms. The van der Waals surface area contributed by atoms with E-state index in [1.54, 1.807) is 7.05 Å². The van der Waals surface area contributed by atoms with Gasteiger partial charge in [0.1, 0.15) is 17.2 Å². The lowest BCUT2D eigenvalue weighted by Crippen LogP contribution is -2.26. The number of hydrogen-bond donors (Lipinski definition) is 0. The standard InChI is InChI=1S/C15H12FN3O/c1-18(12-5-3-2-4-6-12)15(20)13-10-19-9-11(16)7-8-14(19)17-13/h2-10H,1H3. The lowest BCUT2D eigenvalue weighted by molar-refractivity contribution is 0.0989. The lowest BCUT2D eigenvalue weighted by atomic mass is 10.3. The third-order valence-electron chi connectivity index (χ3n) is 3.08. The highest BCUT2D eigenvalue weighted by Gasteiger charge is 2.16. The quantitative estimate of drug-likeness (QED) is 0.717. The molecule has 0 bridgehead atoms. The summed E-state index contributed by atoms with van der Waals surface area (Å²) in [7, 11) is 1.68. The number of rotatable bonds is 2. The molecule has 0 unspecified atom stereocenters. The average molecular weight is 269 g/mol. The normalized spacial score (nSPS) is 10.7. The molecule has 0 spiro atoms. The number of amides is 1. The van der Waals surface area contributed by atoms with E-state index in [1.165, 1.54) is 33.8 Å². The zero-order chi connectivity index (χ0) is 14.1. The van der Waals surface area contributed by atoms with E-state index in [9.17, 15) is 9.18 Å². The molecule has 4 nitrogen and oxygen atoms in total. The van der Waals surface area contributed by atoms with Crippen molar-refractivity contribution >= 4 is 17.2 Å². The van der Waals surface area contributed by atoms with Gasteiger partial charge in [-0.15, -0.1) is 0 Å². The van der Waals surface area contributed by atoms with Gasteiger partial charge < -0.3 is 9.30 Å². The number of carbonyl (C=O) groups excluding carboxylic acids is 1. The van der Waals surface area contributed by atoms with E-state index in [4.69, 9.17) is 0 Å². The molecule has 1 aromatic carbocycles. The van der Waals surface area contributed by atoms with Gasteiger partial charge in [0.05, 0.1) is 0 Å². The van der Waals surface area contributed by atoms with Crippen LogP contribution in [-0.2, 0) is 0 Å². The second-order valence-electron chi connectivity index (χ2n) is 4.44. The van der Waals surface area contributed by atoms with Gasteiger partial charge in [0.2, 0.25) is 0 Å². The fraction of sp³-hybridized carbons (Fsp3) is 0.0667. The molecule has 20 heavy (non-hydrogen) atoms. The van der Waals surface area contributed by atoms with Crippen LogP contribution >= 0.6 is 0 Å². The highest BCUT2D eigenvalue weighted by Crippen LogP contribution is 2.15. The summed E-state index contributed by atoms with van der Waals surface area (Å²) in [6.07, 6.45) is 2.82. The van der Waals surface area contributed by atoms with E-state index < -0.39 is 0 Å². The molecule has 0 aliphatic carbocycles. The smallest absolute Gasteiger partial charge is 0.278 e. The summed E-state index contributed by atoms with van der Waals surface area (Å²) in [5.74, 6) is -0.606. The van der Waals surface area contributed by atoms with Crippen LogP contribution < -0.4 is 4.90 Å². The number of benzene rings is 1. The Kier molecular flexibility index (Phi) is 2.95. The number of pyridine rings is 1. The molecule has 0 fully saturated rings. The number of hydrogen-bond acceptors (Lipinski definition) is 2. The van der Waals surface area contributed by atoms with Crippen molar-refractivity contribution in [3.63, 3.8) is 0 Å². The Bertz CT molecular complexity index is 767. The Morgan fingerprint density at radius 3 is 2.65 bits per heavy atom. The van der Waals surface area contributed by atoms with E-state index >= 15 is 0 Å². The van der Waals surface area contributed by atoms with Crippen LogP contribution in [0.1, 0.15) is 10.5 Å². The van der Waals surface area contributed by atoms with Gasteiger partial charge in [-0.2, -0.15) is 0 Å². The minimum atomic E-state index is -0.370. The number of para-hydroxylation sites is 1. The number of anilines is 1. The average Bonchev–Trinajstić information content (AvgIpc) is 2.89. The monoisotopic (exact) mass is 269 g/mol.